The van der Waals surface area contributed by atoms with Gasteiger partial charge in [-0.25, -0.2) is 4.98 Å². The molecule has 0 spiro atoms. The Hall–Kier alpha value is -2.58. The summed E-state index contributed by atoms with van der Waals surface area (Å²) in [7, 11) is 0. The number of ether oxygens (including phenoxy) is 2. The Morgan fingerprint density at radius 3 is 2.51 bits per heavy atom. The van der Waals surface area contributed by atoms with Crippen molar-refractivity contribution in [1.82, 2.24) is 9.66 Å². The van der Waals surface area contributed by atoms with Gasteiger partial charge in [-0.2, -0.15) is 9.78 Å². The minimum atomic E-state index is -0.260. The van der Waals surface area contributed by atoms with Gasteiger partial charge in [0.05, 0.1) is 38.8 Å². The van der Waals surface area contributed by atoms with Crippen LogP contribution in [0.1, 0.15) is 43.6 Å². The molecule has 37 heavy (non-hydrogen) atoms. The molecule has 1 heterocycles. The summed E-state index contributed by atoms with van der Waals surface area (Å²) in [5.41, 5.74) is 1.82. The molecule has 1 aromatic heterocycles. The van der Waals surface area contributed by atoms with Crippen molar-refractivity contribution < 1.29 is 9.47 Å². The van der Waals surface area contributed by atoms with Gasteiger partial charge in [0.15, 0.2) is 11.5 Å². The van der Waals surface area contributed by atoms with E-state index in [2.05, 4.69) is 26.0 Å². The molecule has 0 bridgehead atoms. The van der Waals surface area contributed by atoms with Gasteiger partial charge in [-0.15, -0.1) is 0 Å². The number of fused-ring (bicyclic) bond motifs is 1. The van der Waals surface area contributed by atoms with Gasteiger partial charge in [0, 0.05) is 10.4 Å². The minimum absolute atomic E-state index is 0.0300. The maximum atomic E-state index is 13.3. The molecule has 0 atom stereocenters. The molecule has 0 aliphatic carbocycles. The van der Waals surface area contributed by atoms with Gasteiger partial charge in [-0.05, 0) is 60.5 Å². The monoisotopic (exact) mass is 621 g/mol. The molecule has 0 fully saturated rings. The first-order valence-electron chi connectivity index (χ1n) is 11.5. The van der Waals surface area contributed by atoms with Gasteiger partial charge < -0.3 is 9.47 Å². The Morgan fingerprint density at radius 2 is 1.81 bits per heavy atom. The lowest BCUT2D eigenvalue weighted by molar-refractivity contribution is 0.269. The summed E-state index contributed by atoms with van der Waals surface area (Å²) in [6, 6.07) is 14.1. The molecule has 192 valence electrons. The standard InChI is InChI=1S/C27H23BrCl3N3O3/c1-4-36-24-11-17(10-22(31)25(24)37-14-16-5-7-20(29)21(30)9-16)13-32-34-26(15(2)3)33-23-8-6-18(28)12-19(23)27(34)35/h5-13,15H,4,14H2,1-3H3. The Labute approximate surface area is 237 Å². The van der Waals surface area contributed by atoms with E-state index in [-0.39, 0.29) is 18.1 Å². The maximum Gasteiger partial charge on any atom is 0.282 e. The molecule has 0 radical (unpaired) electrons. The van der Waals surface area contributed by atoms with Crippen LogP contribution in [-0.4, -0.2) is 22.5 Å². The SMILES string of the molecule is CCOc1cc(C=Nn2c(C(C)C)nc3ccc(Br)cc3c2=O)cc(Cl)c1OCc1ccc(Cl)c(Cl)c1. The van der Waals surface area contributed by atoms with Crippen molar-refractivity contribution in [1.29, 1.82) is 0 Å². The lowest BCUT2D eigenvalue weighted by Crippen LogP contribution is -2.23. The van der Waals surface area contributed by atoms with E-state index >= 15 is 0 Å². The average molecular weight is 624 g/mol. The molecule has 0 unspecified atom stereocenters. The van der Waals surface area contributed by atoms with Crippen molar-refractivity contribution >= 4 is 67.9 Å². The lowest BCUT2D eigenvalue weighted by atomic mass is 10.2. The topological polar surface area (TPSA) is 65.7 Å². The van der Waals surface area contributed by atoms with Crippen molar-refractivity contribution in [2.75, 3.05) is 6.61 Å². The second kappa shape index (κ2) is 11.9. The van der Waals surface area contributed by atoms with E-state index in [9.17, 15) is 4.79 Å². The van der Waals surface area contributed by atoms with Crippen LogP contribution in [0, 0.1) is 0 Å². The molecule has 0 amide bonds. The van der Waals surface area contributed by atoms with Crippen LogP contribution in [0.15, 0.2) is 62.9 Å². The highest BCUT2D eigenvalue weighted by Gasteiger charge is 2.16. The summed E-state index contributed by atoms with van der Waals surface area (Å²) in [5.74, 6) is 1.36. The molecule has 0 aliphatic heterocycles. The summed E-state index contributed by atoms with van der Waals surface area (Å²) >= 11 is 22.1. The molecule has 0 saturated carbocycles. The number of aromatic nitrogens is 2. The van der Waals surface area contributed by atoms with E-state index in [1.54, 1.807) is 36.5 Å². The molecule has 10 heteroatoms. The Bertz CT molecular complexity index is 1550. The van der Waals surface area contributed by atoms with E-state index in [1.165, 1.54) is 4.68 Å². The third-order valence-electron chi connectivity index (χ3n) is 5.37. The molecular weight excluding hydrogens is 601 g/mol. The molecule has 3 aromatic carbocycles. The first kappa shape index (κ1) is 27.5. The molecule has 6 nitrogen and oxygen atoms in total. The molecule has 0 saturated heterocycles. The molecule has 4 aromatic rings. The fraction of sp³-hybridized carbons (Fsp3) is 0.222. The third-order valence-corrected chi connectivity index (χ3v) is 6.88. The van der Waals surface area contributed by atoms with Gasteiger partial charge >= 0.3 is 0 Å². The van der Waals surface area contributed by atoms with Crippen molar-refractivity contribution in [2.45, 2.75) is 33.3 Å². The highest BCUT2D eigenvalue weighted by molar-refractivity contribution is 9.10. The number of hydrogen-bond donors (Lipinski definition) is 0. The fourth-order valence-electron chi connectivity index (χ4n) is 3.63. The number of nitrogens with zero attached hydrogens (tertiary/aromatic N) is 3. The summed E-state index contributed by atoms with van der Waals surface area (Å²) in [6.07, 6.45) is 1.55. The third kappa shape index (κ3) is 6.29. The van der Waals surface area contributed by atoms with Crippen LogP contribution in [0.5, 0.6) is 11.5 Å². The zero-order chi connectivity index (χ0) is 26.7. The number of hydrogen-bond acceptors (Lipinski definition) is 5. The van der Waals surface area contributed by atoms with Crippen molar-refractivity contribution in [3.05, 3.63) is 95.4 Å². The summed E-state index contributed by atoms with van der Waals surface area (Å²) < 4.78 is 13.9. The van der Waals surface area contributed by atoms with Crippen LogP contribution < -0.4 is 15.0 Å². The zero-order valence-corrected chi connectivity index (χ0v) is 24.1. The van der Waals surface area contributed by atoms with Gasteiger partial charge in [0.1, 0.15) is 12.4 Å². The van der Waals surface area contributed by atoms with E-state index in [1.807, 2.05) is 39.0 Å². The fourth-order valence-corrected chi connectivity index (χ4v) is 4.58. The minimum Gasteiger partial charge on any atom is -0.490 e. The van der Waals surface area contributed by atoms with E-state index in [0.29, 0.717) is 55.5 Å². The lowest BCUT2D eigenvalue weighted by Gasteiger charge is -2.15. The number of benzene rings is 3. The summed E-state index contributed by atoms with van der Waals surface area (Å²) in [4.78, 5) is 18.0. The van der Waals surface area contributed by atoms with Gasteiger partial charge in [-0.3, -0.25) is 4.79 Å². The van der Waals surface area contributed by atoms with Crippen LogP contribution in [0.4, 0.5) is 0 Å². The number of rotatable bonds is 8. The second-order valence-electron chi connectivity index (χ2n) is 8.45. The summed E-state index contributed by atoms with van der Waals surface area (Å²) in [5, 5.41) is 6.20. The van der Waals surface area contributed by atoms with E-state index < -0.39 is 0 Å². The van der Waals surface area contributed by atoms with Crippen molar-refractivity contribution in [3.63, 3.8) is 0 Å². The van der Waals surface area contributed by atoms with Crippen LogP contribution in [0.2, 0.25) is 15.1 Å². The predicted molar refractivity (Wildman–Crippen MR) is 154 cm³/mol. The summed E-state index contributed by atoms with van der Waals surface area (Å²) in [6.45, 7) is 6.41. The van der Waals surface area contributed by atoms with Crippen LogP contribution >= 0.6 is 50.7 Å². The largest absolute Gasteiger partial charge is 0.490 e. The van der Waals surface area contributed by atoms with Crippen molar-refractivity contribution in [3.8, 4) is 11.5 Å². The molecular formula is C27H23BrCl3N3O3. The van der Waals surface area contributed by atoms with Gasteiger partial charge in [0.2, 0.25) is 0 Å². The molecule has 4 rings (SSSR count). The Balaban J connectivity index is 1.69. The maximum absolute atomic E-state index is 13.3. The average Bonchev–Trinajstić information content (AvgIpc) is 2.85. The highest BCUT2D eigenvalue weighted by atomic mass is 79.9. The van der Waals surface area contributed by atoms with Crippen LogP contribution in [0.3, 0.4) is 0 Å². The highest BCUT2D eigenvalue weighted by Crippen LogP contribution is 2.37. The molecule has 0 aliphatic rings. The van der Waals surface area contributed by atoms with E-state index in [0.717, 1.165) is 10.0 Å². The van der Waals surface area contributed by atoms with E-state index in [4.69, 9.17) is 44.3 Å². The molecule has 0 N–H and O–H groups in total. The Kier molecular flexibility index (Phi) is 8.80. The predicted octanol–water partition coefficient (Wildman–Crippen LogP) is 8.10. The van der Waals surface area contributed by atoms with Crippen LogP contribution in [-0.2, 0) is 6.61 Å². The zero-order valence-electron chi connectivity index (χ0n) is 20.3. The Morgan fingerprint density at radius 1 is 1.03 bits per heavy atom. The van der Waals surface area contributed by atoms with Gasteiger partial charge in [-0.1, -0.05) is 70.6 Å². The second-order valence-corrected chi connectivity index (χ2v) is 10.6. The normalized spacial score (nSPS) is 11.6. The van der Waals surface area contributed by atoms with Gasteiger partial charge in [0.25, 0.3) is 5.56 Å². The number of halogens is 4. The first-order valence-corrected chi connectivity index (χ1v) is 13.4. The quantitative estimate of drug-likeness (QED) is 0.186. The first-order chi connectivity index (χ1) is 17.7. The van der Waals surface area contributed by atoms with Crippen LogP contribution in [0.25, 0.3) is 10.9 Å². The van der Waals surface area contributed by atoms with Crippen molar-refractivity contribution in [2.24, 2.45) is 5.10 Å². The smallest absolute Gasteiger partial charge is 0.282 e.